The van der Waals surface area contributed by atoms with Crippen molar-refractivity contribution in [3.05, 3.63) is 130 Å². The van der Waals surface area contributed by atoms with Crippen molar-refractivity contribution in [1.29, 1.82) is 0 Å². The fraction of sp³-hybridized carbons (Fsp3) is 0.188. The first-order valence-corrected chi connectivity index (χ1v) is 12.4. The van der Waals surface area contributed by atoms with Crippen LogP contribution in [0.1, 0.15) is 45.5 Å². The summed E-state index contributed by atoms with van der Waals surface area (Å²) in [6.07, 6.45) is 0. The van der Waals surface area contributed by atoms with Gasteiger partial charge in [-0.05, 0) is 59.4 Å². The number of ether oxygens (including phenoxy) is 2. The van der Waals surface area contributed by atoms with Crippen molar-refractivity contribution in [3.63, 3.8) is 0 Å². The fourth-order valence-corrected chi connectivity index (χ4v) is 5.09. The maximum atomic E-state index is 6.19. The Morgan fingerprint density at radius 2 is 0.944 bits per heavy atom. The van der Waals surface area contributed by atoms with Crippen molar-refractivity contribution >= 4 is 11.8 Å². The number of benzene rings is 4. The molecule has 178 valence electrons. The Bertz CT molecular complexity index is 1350. The maximum Gasteiger partial charge on any atom is 0.217 e. The van der Waals surface area contributed by atoms with Crippen LogP contribution in [0.2, 0.25) is 0 Å². The van der Waals surface area contributed by atoms with Crippen LogP contribution in [0, 0.1) is 13.8 Å². The summed E-state index contributed by atoms with van der Waals surface area (Å²) in [6, 6.07) is 33.3. The van der Waals surface area contributed by atoms with Gasteiger partial charge in [-0.3, -0.25) is 0 Å². The molecule has 0 spiro atoms. The van der Waals surface area contributed by atoms with E-state index in [1.165, 1.54) is 11.1 Å². The highest BCUT2D eigenvalue weighted by molar-refractivity contribution is 6.08. The third-order valence-electron chi connectivity index (χ3n) is 6.93. The lowest BCUT2D eigenvalue weighted by molar-refractivity contribution is 0.319. The van der Waals surface area contributed by atoms with Gasteiger partial charge in [0.1, 0.15) is 25.3 Å². The van der Waals surface area contributed by atoms with E-state index < -0.39 is 0 Å². The summed E-state index contributed by atoms with van der Waals surface area (Å²) in [5.74, 6) is 1.38. The molecule has 0 radical (unpaired) electrons. The van der Waals surface area contributed by atoms with Crippen LogP contribution in [-0.2, 0) is 9.47 Å². The molecule has 2 heterocycles. The highest BCUT2D eigenvalue weighted by Gasteiger charge is 2.28. The second kappa shape index (κ2) is 9.46. The van der Waals surface area contributed by atoms with E-state index >= 15 is 0 Å². The van der Waals surface area contributed by atoms with Crippen molar-refractivity contribution < 1.29 is 9.47 Å². The summed E-state index contributed by atoms with van der Waals surface area (Å²) >= 11 is 0. The van der Waals surface area contributed by atoms with Crippen LogP contribution in [0.4, 0.5) is 0 Å². The van der Waals surface area contributed by atoms with Crippen molar-refractivity contribution in [3.8, 4) is 11.1 Å². The van der Waals surface area contributed by atoms with E-state index in [4.69, 9.17) is 19.5 Å². The van der Waals surface area contributed by atoms with Crippen LogP contribution >= 0.6 is 0 Å². The van der Waals surface area contributed by atoms with Crippen molar-refractivity contribution in [2.24, 2.45) is 9.98 Å². The molecule has 2 aliphatic heterocycles. The average molecular weight is 473 g/mol. The van der Waals surface area contributed by atoms with Gasteiger partial charge in [0.15, 0.2) is 0 Å². The summed E-state index contributed by atoms with van der Waals surface area (Å²) in [5, 5.41) is 0. The Balaban J connectivity index is 1.44. The molecule has 0 aliphatic carbocycles. The molecule has 0 aromatic heterocycles. The van der Waals surface area contributed by atoms with E-state index in [9.17, 15) is 0 Å². The number of rotatable bonds is 5. The molecule has 0 N–H and O–H groups in total. The fourth-order valence-electron chi connectivity index (χ4n) is 5.09. The van der Waals surface area contributed by atoms with Crippen LogP contribution in [0.5, 0.6) is 0 Å². The molecule has 2 atom stereocenters. The topological polar surface area (TPSA) is 43.2 Å². The van der Waals surface area contributed by atoms with E-state index in [0.29, 0.717) is 25.0 Å². The molecule has 4 aromatic carbocycles. The SMILES string of the molecule is Cc1cccc(C2=N[C@@H](c3ccccc3)CO2)c1-c1c(C)cccc1C1=N[C@@H](c2ccccc2)CO1. The molecule has 36 heavy (non-hydrogen) atoms. The van der Waals surface area contributed by atoms with Gasteiger partial charge in [0.2, 0.25) is 11.8 Å². The van der Waals surface area contributed by atoms with Gasteiger partial charge < -0.3 is 9.47 Å². The minimum absolute atomic E-state index is 0.0000685. The van der Waals surface area contributed by atoms with Gasteiger partial charge in [0, 0.05) is 11.1 Å². The molecule has 0 unspecified atom stereocenters. The lowest BCUT2D eigenvalue weighted by Gasteiger charge is -2.18. The summed E-state index contributed by atoms with van der Waals surface area (Å²) < 4.78 is 12.4. The van der Waals surface area contributed by atoms with Gasteiger partial charge in [0.05, 0.1) is 0 Å². The van der Waals surface area contributed by atoms with E-state index in [1.807, 2.05) is 36.4 Å². The summed E-state index contributed by atoms with van der Waals surface area (Å²) in [4.78, 5) is 9.99. The Morgan fingerprint density at radius 3 is 1.36 bits per heavy atom. The Hall–Kier alpha value is -4.18. The molecular weight excluding hydrogens is 444 g/mol. The standard InChI is InChI=1S/C32H28N2O2/c1-21-11-9-17-25(31-33-27(19-35-31)23-13-5-3-6-14-23)29(21)30-22(2)12-10-18-26(30)32-34-28(20-36-32)24-15-7-4-8-16-24/h3-18,27-28H,19-20H2,1-2H3/t27-,28-/m1/s1. The quantitative estimate of drug-likeness (QED) is 0.314. The molecule has 0 fully saturated rings. The number of hydrogen-bond donors (Lipinski definition) is 0. The largest absolute Gasteiger partial charge is 0.475 e. The van der Waals surface area contributed by atoms with Crippen LogP contribution in [0.3, 0.4) is 0 Å². The molecule has 0 saturated carbocycles. The zero-order valence-electron chi connectivity index (χ0n) is 20.5. The van der Waals surface area contributed by atoms with Crippen LogP contribution in [-0.4, -0.2) is 25.0 Å². The van der Waals surface area contributed by atoms with Gasteiger partial charge in [-0.25, -0.2) is 9.98 Å². The van der Waals surface area contributed by atoms with Crippen molar-refractivity contribution in [2.45, 2.75) is 25.9 Å². The van der Waals surface area contributed by atoms with Crippen LogP contribution in [0.25, 0.3) is 11.1 Å². The lowest BCUT2D eigenvalue weighted by atomic mass is 9.88. The molecule has 0 amide bonds. The third kappa shape index (κ3) is 4.09. The first-order valence-electron chi connectivity index (χ1n) is 12.4. The molecule has 2 aliphatic rings. The van der Waals surface area contributed by atoms with E-state index in [-0.39, 0.29) is 12.1 Å². The molecule has 6 rings (SSSR count). The minimum Gasteiger partial charge on any atom is -0.475 e. The van der Waals surface area contributed by atoms with Crippen molar-refractivity contribution in [2.75, 3.05) is 13.2 Å². The third-order valence-corrected chi connectivity index (χ3v) is 6.93. The van der Waals surface area contributed by atoms with Gasteiger partial charge in [0.25, 0.3) is 0 Å². The molecule has 0 bridgehead atoms. The van der Waals surface area contributed by atoms with E-state index in [2.05, 4.69) is 74.5 Å². The van der Waals surface area contributed by atoms with E-state index in [0.717, 1.165) is 33.4 Å². The summed E-state index contributed by atoms with van der Waals surface area (Å²) in [6.45, 7) is 5.37. The number of hydrogen-bond acceptors (Lipinski definition) is 4. The molecule has 0 saturated heterocycles. The second-order valence-corrected chi connectivity index (χ2v) is 9.34. The van der Waals surface area contributed by atoms with Gasteiger partial charge in [-0.1, -0.05) is 84.9 Å². The van der Waals surface area contributed by atoms with Gasteiger partial charge in [-0.15, -0.1) is 0 Å². The molecule has 4 nitrogen and oxygen atoms in total. The van der Waals surface area contributed by atoms with Gasteiger partial charge >= 0.3 is 0 Å². The number of aryl methyl sites for hydroxylation is 2. The summed E-state index contributed by atoms with van der Waals surface area (Å²) in [7, 11) is 0. The first kappa shape index (κ1) is 22.3. The Morgan fingerprint density at radius 1 is 0.528 bits per heavy atom. The Labute approximate surface area is 212 Å². The van der Waals surface area contributed by atoms with Crippen LogP contribution < -0.4 is 0 Å². The van der Waals surface area contributed by atoms with E-state index in [1.54, 1.807) is 0 Å². The maximum absolute atomic E-state index is 6.19. The normalized spacial score (nSPS) is 18.8. The number of aliphatic imine (C=N–C) groups is 2. The minimum atomic E-state index is 0.0000685. The zero-order valence-corrected chi connectivity index (χ0v) is 20.5. The second-order valence-electron chi connectivity index (χ2n) is 9.34. The smallest absolute Gasteiger partial charge is 0.217 e. The zero-order chi connectivity index (χ0) is 24.5. The molecule has 4 aromatic rings. The predicted molar refractivity (Wildman–Crippen MR) is 145 cm³/mol. The highest BCUT2D eigenvalue weighted by Crippen LogP contribution is 2.38. The highest BCUT2D eigenvalue weighted by atomic mass is 16.5. The molecule has 4 heteroatoms. The Kier molecular flexibility index (Phi) is 5.86. The first-order chi connectivity index (χ1) is 17.7. The average Bonchev–Trinajstić information content (AvgIpc) is 3.61. The summed E-state index contributed by atoms with van der Waals surface area (Å²) in [5.41, 5.74) is 8.90. The number of nitrogens with zero attached hydrogens (tertiary/aromatic N) is 2. The van der Waals surface area contributed by atoms with Gasteiger partial charge in [-0.2, -0.15) is 0 Å². The molecular formula is C32H28N2O2. The lowest BCUT2D eigenvalue weighted by Crippen LogP contribution is -2.09. The van der Waals surface area contributed by atoms with Crippen LogP contribution in [0.15, 0.2) is 107 Å². The monoisotopic (exact) mass is 472 g/mol. The predicted octanol–water partition coefficient (Wildman–Crippen LogP) is 7.01. The van der Waals surface area contributed by atoms with Crippen molar-refractivity contribution in [1.82, 2.24) is 0 Å².